The summed E-state index contributed by atoms with van der Waals surface area (Å²) >= 11 is 14.4. The van der Waals surface area contributed by atoms with Gasteiger partial charge >= 0.3 is 0 Å². The average Bonchev–Trinajstić information content (AvgIpc) is 3.56. The number of thiophene rings is 1. The predicted molar refractivity (Wildman–Crippen MR) is 138 cm³/mol. The molecule has 1 unspecified atom stereocenters. The van der Waals surface area contributed by atoms with Crippen molar-refractivity contribution in [2.45, 2.75) is 19.0 Å². The van der Waals surface area contributed by atoms with E-state index in [-0.39, 0.29) is 30.6 Å². The van der Waals surface area contributed by atoms with Crippen LogP contribution in [-0.2, 0) is 17.8 Å². The summed E-state index contributed by atoms with van der Waals surface area (Å²) < 4.78 is 18.7. The second kappa shape index (κ2) is 10.5. The largest absolute Gasteiger partial charge is 0.459 e. The number of carbonyl (C=O) groups excluding carboxylic acids is 2. The van der Waals surface area contributed by atoms with E-state index in [1.54, 1.807) is 52.6 Å². The molecule has 0 aliphatic carbocycles. The molecular formula is C27H21Cl2FN2O3S. The van der Waals surface area contributed by atoms with Gasteiger partial charge in [0, 0.05) is 28.0 Å². The standard InChI is InChI=1S/C27H21Cl2FN2O3S/c28-18-5-8-20(22(29)14-18)26-21-10-13-36-24(21)9-11-32(26)25(33)16-31(27(34)23-2-1-12-35-23)15-17-3-6-19(30)7-4-17/h1-8,10,12-14,26H,9,11,15-16H2. The van der Waals surface area contributed by atoms with Crippen molar-refractivity contribution < 1.29 is 18.4 Å². The van der Waals surface area contributed by atoms with E-state index in [1.807, 2.05) is 17.5 Å². The molecule has 0 bridgehead atoms. The van der Waals surface area contributed by atoms with Crippen LogP contribution < -0.4 is 0 Å². The highest BCUT2D eigenvalue weighted by Gasteiger charge is 2.35. The number of fused-ring (bicyclic) bond motifs is 1. The molecule has 3 heterocycles. The van der Waals surface area contributed by atoms with Crippen LogP contribution in [-0.4, -0.2) is 34.7 Å². The SMILES string of the molecule is O=C(c1ccco1)N(CC(=O)N1CCc2sccc2C1c1ccc(Cl)cc1Cl)Cc1ccc(F)cc1. The number of nitrogens with zero attached hydrogens (tertiary/aromatic N) is 2. The van der Waals surface area contributed by atoms with Gasteiger partial charge in [0.15, 0.2) is 5.76 Å². The molecule has 2 amide bonds. The summed E-state index contributed by atoms with van der Waals surface area (Å²) in [4.78, 5) is 31.4. The third kappa shape index (κ3) is 5.05. The lowest BCUT2D eigenvalue weighted by atomic mass is 9.93. The number of carbonyl (C=O) groups is 2. The van der Waals surface area contributed by atoms with Crippen LogP contribution in [0.4, 0.5) is 4.39 Å². The van der Waals surface area contributed by atoms with Gasteiger partial charge < -0.3 is 14.2 Å². The Bertz CT molecular complexity index is 1390. The maximum Gasteiger partial charge on any atom is 0.290 e. The second-order valence-corrected chi connectivity index (χ2v) is 10.3. The smallest absolute Gasteiger partial charge is 0.290 e. The van der Waals surface area contributed by atoms with Crippen molar-refractivity contribution in [2.75, 3.05) is 13.1 Å². The predicted octanol–water partition coefficient (Wildman–Crippen LogP) is 6.60. The Hall–Kier alpha value is -3.13. The molecule has 36 heavy (non-hydrogen) atoms. The Balaban J connectivity index is 1.46. The lowest BCUT2D eigenvalue weighted by Gasteiger charge is -2.38. The van der Waals surface area contributed by atoms with Crippen molar-refractivity contribution in [3.63, 3.8) is 0 Å². The molecule has 0 saturated carbocycles. The molecular weight excluding hydrogens is 522 g/mol. The summed E-state index contributed by atoms with van der Waals surface area (Å²) in [6, 6.07) is 15.9. The first-order valence-corrected chi connectivity index (χ1v) is 12.9. The third-order valence-electron chi connectivity index (χ3n) is 6.18. The summed E-state index contributed by atoms with van der Waals surface area (Å²) in [5.41, 5.74) is 2.49. The molecule has 4 aromatic rings. The van der Waals surface area contributed by atoms with Crippen molar-refractivity contribution in [3.05, 3.63) is 115 Å². The number of hydrogen-bond donors (Lipinski definition) is 0. The van der Waals surface area contributed by atoms with Crippen LogP contribution in [0.15, 0.2) is 76.7 Å². The molecule has 2 aromatic carbocycles. The number of amides is 2. The number of benzene rings is 2. The first-order chi connectivity index (χ1) is 17.4. The fraction of sp³-hybridized carbons (Fsp3) is 0.185. The highest BCUT2D eigenvalue weighted by molar-refractivity contribution is 7.10. The molecule has 5 rings (SSSR count). The van der Waals surface area contributed by atoms with E-state index in [1.165, 1.54) is 28.2 Å². The summed E-state index contributed by atoms with van der Waals surface area (Å²) in [6.07, 6.45) is 2.12. The Morgan fingerprint density at radius 2 is 1.89 bits per heavy atom. The quantitative estimate of drug-likeness (QED) is 0.275. The molecule has 9 heteroatoms. The van der Waals surface area contributed by atoms with Gasteiger partial charge in [-0.3, -0.25) is 9.59 Å². The molecule has 0 N–H and O–H groups in total. The summed E-state index contributed by atoms with van der Waals surface area (Å²) in [5.74, 6) is -0.904. The molecule has 2 aromatic heterocycles. The van der Waals surface area contributed by atoms with E-state index in [0.29, 0.717) is 28.6 Å². The molecule has 1 aliphatic heterocycles. The molecule has 1 atom stereocenters. The van der Waals surface area contributed by atoms with E-state index in [9.17, 15) is 14.0 Å². The Kier molecular flexibility index (Phi) is 7.14. The van der Waals surface area contributed by atoms with Crippen LogP contribution in [0.25, 0.3) is 0 Å². The fourth-order valence-corrected chi connectivity index (χ4v) is 5.88. The summed E-state index contributed by atoms with van der Waals surface area (Å²) in [7, 11) is 0. The molecule has 0 spiro atoms. The van der Waals surface area contributed by atoms with Crippen LogP contribution in [0, 0.1) is 5.82 Å². The Morgan fingerprint density at radius 3 is 2.61 bits per heavy atom. The van der Waals surface area contributed by atoms with Crippen molar-refractivity contribution in [1.82, 2.24) is 9.80 Å². The minimum absolute atomic E-state index is 0.120. The van der Waals surface area contributed by atoms with Gasteiger partial charge in [0.2, 0.25) is 5.91 Å². The van der Waals surface area contributed by atoms with Gasteiger partial charge in [-0.1, -0.05) is 41.4 Å². The van der Waals surface area contributed by atoms with Gasteiger partial charge in [-0.05, 0) is 71.0 Å². The van der Waals surface area contributed by atoms with Gasteiger partial charge in [-0.25, -0.2) is 4.39 Å². The van der Waals surface area contributed by atoms with E-state index in [4.69, 9.17) is 27.6 Å². The highest BCUT2D eigenvalue weighted by atomic mass is 35.5. The monoisotopic (exact) mass is 542 g/mol. The zero-order valence-corrected chi connectivity index (χ0v) is 21.3. The van der Waals surface area contributed by atoms with Gasteiger partial charge in [0.1, 0.15) is 12.4 Å². The lowest BCUT2D eigenvalue weighted by Crippen LogP contribution is -2.46. The first kappa shape index (κ1) is 24.6. The number of furan rings is 1. The zero-order chi connectivity index (χ0) is 25.2. The highest BCUT2D eigenvalue weighted by Crippen LogP contribution is 2.41. The van der Waals surface area contributed by atoms with E-state index < -0.39 is 11.9 Å². The van der Waals surface area contributed by atoms with Gasteiger partial charge in [0.05, 0.1) is 12.3 Å². The maximum atomic E-state index is 13.8. The normalized spacial score (nSPS) is 15.0. The first-order valence-electron chi connectivity index (χ1n) is 11.3. The van der Waals surface area contributed by atoms with Crippen LogP contribution in [0.2, 0.25) is 10.0 Å². The van der Waals surface area contributed by atoms with Crippen molar-refractivity contribution in [1.29, 1.82) is 0 Å². The molecule has 1 aliphatic rings. The number of rotatable bonds is 6. The Morgan fingerprint density at radius 1 is 1.08 bits per heavy atom. The van der Waals surface area contributed by atoms with Crippen LogP contribution in [0.1, 0.15) is 38.2 Å². The fourth-order valence-electron chi connectivity index (χ4n) is 4.46. The van der Waals surface area contributed by atoms with E-state index in [2.05, 4.69) is 0 Å². The van der Waals surface area contributed by atoms with Crippen LogP contribution >= 0.6 is 34.5 Å². The van der Waals surface area contributed by atoms with Gasteiger partial charge in [-0.15, -0.1) is 11.3 Å². The topological polar surface area (TPSA) is 53.8 Å². The molecule has 0 saturated heterocycles. The van der Waals surface area contributed by atoms with Crippen molar-refractivity contribution in [3.8, 4) is 0 Å². The minimum atomic E-state index is -0.424. The minimum Gasteiger partial charge on any atom is -0.459 e. The van der Waals surface area contributed by atoms with E-state index in [0.717, 1.165) is 11.1 Å². The molecule has 184 valence electrons. The van der Waals surface area contributed by atoms with Crippen LogP contribution in [0.5, 0.6) is 0 Å². The molecule has 5 nitrogen and oxygen atoms in total. The summed E-state index contributed by atoms with van der Waals surface area (Å²) in [5, 5.41) is 2.99. The van der Waals surface area contributed by atoms with Crippen molar-refractivity contribution in [2.24, 2.45) is 0 Å². The zero-order valence-electron chi connectivity index (χ0n) is 19.0. The van der Waals surface area contributed by atoms with E-state index >= 15 is 0 Å². The Labute approximate surface area is 221 Å². The van der Waals surface area contributed by atoms with Crippen molar-refractivity contribution >= 4 is 46.4 Å². The number of hydrogen-bond acceptors (Lipinski definition) is 4. The molecule has 0 radical (unpaired) electrons. The maximum absolute atomic E-state index is 13.8. The lowest BCUT2D eigenvalue weighted by molar-refractivity contribution is -0.134. The van der Waals surface area contributed by atoms with Gasteiger partial charge in [-0.2, -0.15) is 0 Å². The molecule has 0 fully saturated rings. The second-order valence-electron chi connectivity index (χ2n) is 8.47. The summed E-state index contributed by atoms with van der Waals surface area (Å²) in [6.45, 7) is 0.419. The third-order valence-corrected chi connectivity index (χ3v) is 7.73. The number of halogens is 3. The average molecular weight is 543 g/mol. The van der Waals surface area contributed by atoms with Crippen LogP contribution in [0.3, 0.4) is 0 Å². The van der Waals surface area contributed by atoms with Gasteiger partial charge in [0.25, 0.3) is 5.91 Å².